The van der Waals surface area contributed by atoms with Gasteiger partial charge in [0.15, 0.2) is 0 Å². The number of piperazine rings is 1. The zero-order chi connectivity index (χ0) is 16.4. The first-order valence-electron chi connectivity index (χ1n) is 9.65. The largest absolute Gasteiger partial charge is 0.494 e. The second kappa shape index (κ2) is 7.28. The number of hydrogen-bond acceptors (Lipinski definition) is 3. The molecule has 4 rings (SSSR count). The Morgan fingerprint density at radius 1 is 0.958 bits per heavy atom. The van der Waals surface area contributed by atoms with Crippen LogP contribution in [0.5, 0.6) is 5.75 Å². The minimum atomic E-state index is 0.736. The Hall–Kier alpha value is -1.32. The Bertz CT molecular complexity index is 560. The summed E-state index contributed by atoms with van der Waals surface area (Å²) in [4.78, 5) is 5.29. The van der Waals surface area contributed by atoms with Crippen LogP contribution in [0.1, 0.15) is 25.3 Å². The Labute approximate surface area is 146 Å². The summed E-state index contributed by atoms with van der Waals surface area (Å²) in [6.07, 6.45) is 7.81. The highest BCUT2D eigenvalue weighted by atomic mass is 16.5. The first kappa shape index (κ1) is 16.2. The molecule has 3 nitrogen and oxygen atoms in total. The molecule has 0 amide bonds. The van der Waals surface area contributed by atoms with Crippen LogP contribution in [0.4, 0.5) is 0 Å². The van der Waals surface area contributed by atoms with Crippen LogP contribution in [0.25, 0.3) is 0 Å². The van der Waals surface area contributed by atoms with Crippen LogP contribution in [-0.4, -0.2) is 49.1 Å². The maximum atomic E-state index is 5.52. The van der Waals surface area contributed by atoms with Crippen molar-refractivity contribution >= 4 is 0 Å². The second-order valence-corrected chi connectivity index (χ2v) is 7.69. The Morgan fingerprint density at radius 3 is 2.33 bits per heavy atom. The molecular formula is C21H30N2O. The van der Waals surface area contributed by atoms with Gasteiger partial charge in [-0.1, -0.05) is 24.3 Å². The molecule has 0 N–H and O–H groups in total. The summed E-state index contributed by atoms with van der Waals surface area (Å²) < 4.78 is 5.52. The smallest absolute Gasteiger partial charge is 0.119 e. The van der Waals surface area contributed by atoms with Gasteiger partial charge in [-0.05, 0) is 55.2 Å². The fraction of sp³-hybridized carbons (Fsp3) is 0.619. The number of fused-ring (bicyclic) bond motifs is 2. The first-order chi connectivity index (χ1) is 11.8. The lowest BCUT2D eigenvalue weighted by atomic mass is 9.93. The average molecular weight is 326 g/mol. The van der Waals surface area contributed by atoms with Gasteiger partial charge in [0.25, 0.3) is 0 Å². The van der Waals surface area contributed by atoms with E-state index in [0.29, 0.717) is 0 Å². The quantitative estimate of drug-likeness (QED) is 0.745. The lowest BCUT2D eigenvalue weighted by molar-refractivity contribution is 0.108. The molecule has 2 fully saturated rings. The highest BCUT2D eigenvalue weighted by Crippen LogP contribution is 2.43. The molecule has 0 radical (unpaired) electrons. The molecular weight excluding hydrogens is 296 g/mol. The highest BCUT2D eigenvalue weighted by Gasteiger charge is 2.36. The minimum Gasteiger partial charge on any atom is -0.494 e. The molecule has 1 saturated carbocycles. The normalized spacial score (nSPS) is 30.1. The SMILES string of the molecule is CCOc1ccc(CN2CCN(C[C@H]3C[C@H]4C=C[C@H]3C4)CC2)cc1. The second-order valence-electron chi connectivity index (χ2n) is 7.69. The summed E-state index contributed by atoms with van der Waals surface area (Å²) in [6.45, 7) is 10.0. The van der Waals surface area contributed by atoms with E-state index >= 15 is 0 Å². The van der Waals surface area contributed by atoms with Crippen LogP contribution < -0.4 is 4.74 Å². The van der Waals surface area contributed by atoms with Crippen molar-refractivity contribution in [3.63, 3.8) is 0 Å². The fourth-order valence-corrected chi connectivity index (χ4v) is 4.68. The van der Waals surface area contributed by atoms with Gasteiger partial charge < -0.3 is 9.64 Å². The Morgan fingerprint density at radius 2 is 1.71 bits per heavy atom. The molecule has 1 aliphatic heterocycles. The van der Waals surface area contributed by atoms with Gasteiger partial charge in [0.05, 0.1) is 6.61 Å². The number of nitrogens with zero attached hydrogens (tertiary/aromatic N) is 2. The predicted molar refractivity (Wildman–Crippen MR) is 98.2 cm³/mol. The van der Waals surface area contributed by atoms with Crippen LogP contribution in [0, 0.1) is 17.8 Å². The number of allylic oxidation sites excluding steroid dienone is 2. The topological polar surface area (TPSA) is 15.7 Å². The van der Waals surface area contributed by atoms with Crippen molar-refractivity contribution in [2.24, 2.45) is 17.8 Å². The molecule has 0 aromatic heterocycles. The molecule has 3 atom stereocenters. The minimum absolute atomic E-state index is 0.736. The molecule has 1 heterocycles. The van der Waals surface area contributed by atoms with Gasteiger partial charge in [0, 0.05) is 39.3 Å². The van der Waals surface area contributed by atoms with Crippen molar-refractivity contribution in [2.75, 3.05) is 39.3 Å². The summed E-state index contributed by atoms with van der Waals surface area (Å²) in [5.41, 5.74) is 1.39. The maximum absolute atomic E-state index is 5.52. The van der Waals surface area contributed by atoms with Crippen molar-refractivity contribution in [3.05, 3.63) is 42.0 Å². The third-order valence-corrected chi connectivity index (χ3v) is 6.01. The zero-order valence-corrected chi connectivity index (χ0v) is 14.9. The number of ether oxygens (including phenoxy) is 1. The lowest BCUT2D eigenvalue weighted by Gasteiger charge is -2.37. The van der Waals surface area contributed by atoms with Crippen molar-refractivity contribution in [2.45, 2.75) is 26.3 Å². The van der Waals surface area contributed by atoms with E-state index < -0.39 is 0 Å². The van der Waals surface area contributed by atoms with Gasteiger partial charge in [0.2, 0.25) is 0 Å². The Kier molecular flexibility index (Phi) is 4.91. The van der Waals surface area contributed by atoms with Gasteiger partial charge in [-0.25, -0.2) is 0 Å². The lowest BCUT2D eigenvalue weighted by Crippen LogP contribution is -2.47. The highest BCUT2D eigenvalue weighted by molar-refractivity contribution is 5.27. The van der Waals surface area contributed by atoms with Gasteiger partial charge in [-0.2, -0.15) is 0 Å². The van der Waals surface area contributed by atoms with E-state index in [-0.39, 0.29) is 0 Å². The monoisotopic (exact) mass is 326 g/mol. The molecule has 3 aliphatic rings. The van der Waals surface area contributed by atoms with Crippen LogP contribution in [-0.2, 0) is 6.54 Å². The Balaban J connectivity index is 1.22. The van der Waals surface area contributed by atoms with E-state index in [0.717, 1.165) is 36.7 Å². The van der Waals surface area contributed by atoms with Crippen molar-refractivity contribution in [1.29, 1.82) is 0 Å². The van der Waals surface area contributed by atoms with Gasteiger partial charge in [-0.3, -0.25) is 4.90 Å². The molecule has 0 unspecified atom stereocenters. The van der Waals surface area contributed by atoms with E-state index in [1.807, 2.05) is 6.92 Å². The summed E-state index contributed by atoms with van der Waals surface area (Å²) in [5.74, 6) is 3.70. The summed E-state index contributed by atoms with van der Waals surface area (Å²) in [5, 5.41) is 0. The van der Waals surface area contributed by atoms with Crippen LogP contribution in [0.2, 0.25) is 0 Å². The fourth-order valence-electron chi connectivity index (χ4n) is 4.68. The molecule has 130 valence electrons. The summed E-state index contributed by atoms with van der Waals surface area (Å²) in [6, 6.07) is 8.60. The van der Waals surface area contributed by atoms with Gasteiger partial charge >= 0.3 is 0 Å². The molecule has 0 spiro atoms. The van der Waals surface area contributed by atoms with E-state index in [2.05, 4.69) is 46.2 Å². The summed E-state index contributed by atoms with van der Waals surface area (Å²) in [7, 11) is 0. The molecule has 24 heavy (non-hydrogen) atoms. The van der Waals surface area contributed by atoms with E-state index in [1.54, 1.807) is 0 Å². The molecule has 1 saturated heterocycles. The van der Waals surface area contributed by atoms with E-state index in [1.165, 1.54) is 51.1 Å². The van der Waals surface area contributed by atoms with Crippen molar-refractivity contribution in [3.8, 4) is 5.75 Å². The molecule has 3 heteroatoms. The molecule has 2 bridgehead atoms. The summed E-state index contributed by atoms with van der Waals surface area (Å²) >= 11 is 0. The first-order valence-corrected chi connectivity index (χ1v) is 9.65. The van der Waals surface area contributed by atoms with Gasteiger partial charge in [0.1, 0.15) is 5.75 Å². The molecule has 2 aliphatic carbocycles. The number of hydrogen-bond donors (Lipinski definition) is 0. The van der Waals surface area contributed by atoms with Crippen LogP contribution in [0.3, 0.4) is 0 Å². The van der Waals surface area contributed by atoms with Gasteiger partial charge in [-0.15, -0.1) is 0 Å². The predicted octanol–water partition coefficient (Wildman–Crippen LogP) is 3.42. The van der Waals surface area contributed by atoms with Crippen molar-refractivity contribution < 1.29 is 4.74 Å². The maximum Gasteiger partial charge on any atom is 0.119 e. The number of benzene rings is 1. The van der Waals surface area contributed by atoms with E-state index in [9.17, 15) is 0 Å². The average Bonchev–Trinajstić information content (AvgIpc) is 3.22. The van der Waals surface area contributed by atoms with Crippen molar-refractivity contribution in [1.82, 2.24) is 9.80 Å². The van der Waals surface area contributed by atoms with Crippen LogP contribution >= 0.6 is 0 Å². The van der Waals surface area contributed by atoms with Crippen LogP contribution in [0.15, 0.2) is 36.4 Å². The third-order valence-electron chi connectivity index (χ3n) is 6.01. The van der Waals surface area contributed by atoms with E-state index in [4.69, 9.17) is 4.74 Å². The molecule has 1 aromatic carbocycles. The third kappa shape index (κ3) is 3.68. The molecule has 1 aromatic rings. The zero-order valence-electron chi connectivity index (χ0n) is 14.9. The standard InChI is InChI=1S/C21H30N2O/c1-2-24-21-7-4-17(5-8-21)15-22-9-11-23(12-10-22)16-20-14-18-3-6-19(20)13-18/h3-8,18-20H,2,9-16H2,1H3/t18-,19-,20+/m0/s1. The number of rotatable bonds is 6.